The monoisotopic (exact) mass is 456 g/mol. The topological polar surface area (TPSA) is 0 Å². The molecule has 0 aliphatic heterocycles. The van der Waals surface area contributed by atoms with Gasteiger partial charge in [-0.3, -0.25) is 0 Å². The molecule has 0 radical (unpaired) electrons. The lowest BCUT2D eigenvalue weighted by atomic mass is 9.97. The predicted molar refractivity (Wildman–Crippen MR) is 153 cm³/mol. The van der Waals surface area contributed by atoms with Gasteiger partial charge in [0, 0.05) is 0 Å². The van der Waals surface area contributed by atoms with Gasteiger partial charge in [0.15, 0.2) is 0 Å². The normalized spacial score (nSPS) is 11.4. The number of fused-ring (bicyclic) bond motifs is 1. The molecule has 0 aromatic heterocycles. The molecule has 3 aromatic carbocycles. The zero-order chi connectivity index (χ0) is 23.8. The minimum Gasteiger partial charge on any atom is -0.0654 e. The summed E-state index contributed by atoms with van der Waals surface area (Å²) >= 11 is 0. The zero-order valence-electron chi connectivity index (χ0n) is 22.1. The maximum atomic E-state index is 2.40. The van der Waals surface area contributed by atoms with Gasteiger partial charge in [0.2, 0.25) is 0 Å². The Kier molecular flexibility index (Phi) is 12.3. The summed E-state index contributed by atoms with van der Waals surface area (Å²) in [6.45, 7) is 4.58. The minimum absolute atomic E-state index is 1.21. The molecule has 0 amide bonds. The van der Waals surface area contributed by atoms with Crippen LogP contribution in [0.1, 0.15) is 115 Å². The van der Waals surface area contributed by atoms with E-state index in [-0.39, 0.29) is 0 Å². The molecular weight excluding hydrogens is 408 g/mol. The summed E-state index contributed by atoms with van der Waals surface area (Å²) in [6, 6.07) is 23.3. The van der Waals surface area contributed by atoms with Crippen LogP contribution in [0.2, 0.25) is 0 Å². The molecule has 34 heavy (non-hydrogen) atoms. The molecule has 0 heteroatoms. The van der Waals surface area contributed by atoms with Gasteiger partial charge in [-0.15, -0.1) is 0 Å². The fraction of sp³-hybridized carbons (Fsp3) is 0.529. The van der Waals surface area contributed by atoms with E-state index in [1.165, 1.54) is 136 Å². The van der Waals surface area contributed by atoms with Crippen molar-refractivity contribution in [2.75, 3.05) is 0 Å². The molecule has 0 aliphatic carbocycles. The van der Waals surface area contributed by atoms with Gasteiger partial charge < -0.3 is 0 Å². The lowest BCUT2D eigenvalue weighted by Gasteiger charge is -2.08. The quantitative estimate of drug-likeness (QED) is 0.177. The average Bonchev–Trinajstić information content (AvgIpc) is 2.88. The van der Waals surface area contributed by atoms with E-state index < -0.39 is 0 Å². The van der Waals surface area contributed by atoms with Gasteiger partial charge in [-0.25, -0.2) is 0 Å². The molecule has 0 saturated heterocycles. The summed E-state index contributed by atoms with van der Waals surface area (Å²) in [7, 11) is 0. The van der Waals surface area contributed by atoms with E-state index >= 15 is 0 Å². The smallest absolute Gasteiger partial charge is 0.0178 e. The van der Waals surface area contributed by atoms with E-state index in [0.717, 1.165) is 0 Å². The van der Waals surface area contributed by atoms with Crippen LogP contribution in [0.3, 0.4) is 0 Å². The van der Waals surface area contributed by atoms with E-state index in [0.29, 0.717) is 0 Å². The Morgan fingerprint density at radius 3 is 1.44 bits per heavy atom. The van der Waals surface area contributed by atoms with Crippen molar-refractivity contribution in [3.05, 3.63) is 71.8 Å². The summed E-state index contributed by atoms with van der Waals surface area (Å²) in [5.74, 6) is 0. The van der Waals surface area contributed by atoms with Crippen LogP contribution in [0.15, 0.2) is 60.7 Å². The molecule has 3 aromatic rings. The Morgan fingerprint density at radius 1 is 0.382 bits per heavy atom. The first-order valence-electron chi connectivity index (χ1n) is 14.4. The molecule has 0 heterocycles. The van der Waals surface area contributed by atoms with Crippen molar-refractivity contribution in [3.8, 4) is 11.1 Å². The summed E-state index contributed by atoms with van der Waals surface area (Å²) in [5, 5.41) is 2.73. The van der Waals surface area contributed by atoms with E-state index in [9.17, 15) is 0 Å². The van der Waals surface area contributed by atoms with Crippen molar-refractivity contribution >= 4 is 10.8 Å². The maximum Gasteiger partial charge on any atom is -0.0178 e. The third kappa shape index (κ3) is 9.28. The predicted octanol–water partition coefficient (Wildman–Crippen LogP) is 11.1. The average molecular weight is 457 g/mol. The van der Waals surface area contributed by atoms with Gasteiger partial charge in [-0.2, -0.15) is 0 Å². The van der Waals surface area contributed by atoms with Gasteiger partial charge in [-0.05, 0) is 64.8 Å². The first kappa shape index (κ1) is 26.5. The molecule has 0 aliphatic rings. The Labute approximate surface area is 210 Å². The second-order valence-electron chi connectivity index (χ2n) is 10.3. The van der Waals surface area contributed by atoms with Crippen LogP contribution in [0, 0.1) is 0 Å². The Morgan fingerprint density at radius 2 is 0.824 bits per heavy atom. The standard InChI is InChI=1S/C34H48/c1-3-5-7-9-11-12-14-15-17-29-19-22-31(23-20-29)33-26-25-32-27-30(21-24-34(32)28-33)18-16-13-10-8-6-4-2/h19-28H,3-18H2,1-2H3. The van der Waals surface area contributed by atoms with Gasteiger partial charge in [-0.1, -0.05) is 145 Å². The number of hydrogen-bond acceptors (Lipinski definition) is 0. The van der Waals surface area contributed by atoms with Crippen LogP contribution >= 0.6 is 0 Å². The fourth-order valence-corrected chi connectivity index (χ4v) is 5.07. The highest BCUT2D eigenvalue weighted by Crippen LogP contribution is 2.26. The molecule has 0 N–H and O–H groups in total. The zero-order valence-corrected chi connectivity index (χ0v) is 22.1. The second-order valence-corrected chi connectivity index (χ2v) is 10.3. The highest BCUT2D eigenvalue weighted by molar-refractivity contribution is 5.87. The van der Waals surface area contributed by atoms with Crippen molar-refractivity contribution in [2.24, 2.45) is 0 Å². The van der Waals surface area contributed by atoms with Crippen molar-refractivity contribution in [1.29, 1.82) is 0 Å². The molecule has 0 spiro atoms. The summed E-state index contributed by atoms with van der Waals surface area (Å²) in [5.41, 5.74) is 5.63. The third-order valence-corrected chi connectivity index (χ3v) is 7.33. The molecule has 0 unspecified atom stereocenters. The van der Waals surface area contributed by atoms with Crippen LogP contribution in [0.5, 0.6) is 0 Å². The van der Waals surface area contributed by atoms with E-state index in [1.54, 1.807) is 0 Å². The van der Waals surface area contributed by atoms with E-state index in [2.05, 4.69) is 74.5 Å². The highest BCUT2D eigenvalue weighted by atomic mass is 14.1. The SMILES string of the molecule is CCCCCCCCCCc1ccc(-c2ccc3cc(CCCCCCCC)ccc3c2)cc1. The fourth-order valence-electron chi connectivity index (χ4n) is 5.07. The van der Waals surface area contributed by atoms with Gasteiger partial charge in [0.1, 0.15) is 0 Å². The molecular formula is C34H48. The summed E-state index contributed by atoms with van der Waals surface area (Å²) in [4.78, 5) is 0. The van der Waals surface area contributed by atoms with Gasteiger partial charge in [0.25, 0.3) is 0 Å². The summed E-state index contributed by atoms with van der Waals surface area (Å²) in [6.07, 6.45) is 21.7. The molecule has 3 rings (SSSR count). The highest BCUT2D eigenvalue weighted by Gasteiger charge is 2.03. The molecule has 0 atom stereocenters. The number of aryl methyl sites for hydroxylation is 2. The largest absolute Gasteiger partial charge is 0.0654 e. The second kappa shape index (κ2) is 15.8. The number of unbranched alkanes of at least 4 members (excludes halogenated alkanes) is 12. The number of rotatable bonds is 17. The minimum atomic E-state index is 1.21. The van der Waals surface area contributed by atoms with Crippen molar-refractivity contribution < 1.29 is 0 Å². The Bertz CT molecular complexity index is 934. The number of hydrogen-bond donors (Lipinski definition) is 0. The van der Waals surface area contributed by atoms with E-state index in [1.807, 2.05) is 0 Å². The van der Waals surface area contributed by atoms with Crippen molar-refractivity contribution in [2.45, 2.75) is 117 Å². The van der Waals surface area contributed by atoms with Crippen molar-refractivity contribution in [3.63, 3.8) is 0 Å². The number of benzene rings is 3. The molecule has 184 valence electrons. The molecule has 0 nitrogen and oxygen atoms in total. The van der Waals surface area contributed by atoms with Crippen LogP contribution in [0.4, 0.5) is 0 Å². The van der Waals surface area contributed by atoms with Gasteiger partial charge in [0.05, 0.1) is 0 Å². The van der Waals surface area contributed by atoms with Crippen LogP contribution < -0.4 is 0 Å². The first-order chi connectivity index (χ1) is 16.8. The molecule has 0 saturated carbocycles. The molecule has 0 fully saturated rings. The molecule has 0 bridgehead atoms. The van der Waals surface area contributed by atoms with Crippen LogP contribution in [-0.4, -0.2) is 0 Å². The van der Waals surface area contributed by atoms with Crippen LogP contribution in [-0.2, 0) is 12.8 Å². The van der Waals surface area contributed by atoms with Gasteiger partial charge >= 0.3 is 0 Å². The Balaban J connectivity index is 1.45. The van der Waals surface area contributed by atoms with Crippen LogP contribution in [0.25, 0.3) is 21.9 Å². The first-order valence-corrected chi connectivity index (χ1v) is 14.4. The summed E-state index contributed by atoms with van der Waals surface area (Å²) < 4.78 is 0. The Hall–Kier alpha value is -2.08. The van der Waals surface area contributed by atoms with Crippen molar-refractivity contribution in [1.82, 2.24) is 0 Å². The van der Waals surface area contributed by atoms with E-state index in [4.69, 9.17) is 0 Å². The third-order valence-electron chi connectivity index (χ3n) is 7.33. The maximum absolute atomic E-state index is 2.40. The lowest BCUT2D eigenvalue weighted by Crippen LogP contribution is -1.88. The lowest BCUT2D eigenvalue weighted by molar-refractivity contribution is 0.575.